The molecule has 1 unspecified atom stereocenters. The molecular weight excluding hydrogens is 360 g/mol. The quantitative estimate of drug-likeness (QED) is 0.593. The predicted molar refractivity (Wildman–Crippen MR) is 96.0 cm³/mol. The lowest BCUT2D eigenvalue weighted by Gasteiger charge is -2.25. The molecule has 2 aromatic rings. The van der Waals surface area contributed by atoms with Gasteiger partial charge in [0.15, 0.2) is 9.84 Å². The number of nitrogens with zero attached hydrogens (tertiary/aromatic N) is 1. The Morgan fingerprint density at radius 2 is 1.92 bits per heavy atom. The minimum absolute atomic E-state index is 0.0507. The first-order chi connectivity index (χ1) is 11.7. The molecule has 25 heavy (non-hydrogen) atoms. The Labute approximate surface area is 150 Å². The number of carbonyl (C=O) groups excluding carboxylic acids is 1. The number of carbonyl (C=O) groups is 1. The summed E-state index contributed by atoms with van der Waals surface area (Å²) in [5.41, 5.74) is 3.29. The van der Waals surface area contributed by atoms with Crippen molar-refractivity contribution in [2.24, 2.45) is 0 Å². The Morgan fingerprint density at radius 1 is 1.28 bits per heavy atom. The lowest BCUT2D eigenvalue weighted by atomic mass is 9.98. The van der Waals surface area contributed by atoms with Crippen molar-refractivity contribution in [1.82, 2.24) is 5.48 Å². The fraction of sp³-hybridized carbons (Fsp3) is 0.294. The van der Waals surface area contributed by atoms with Crippen LogP contribution < -0.4 is 5.48 Å². The highest BCUT2D eigenvalue weighted by Gasteiger charge is 2.43. The van der Waals surface area contributed by atoms with Crippen molar-refractivity contribution in [1.29, 1.82) is 5.26 Å². The van der Waals surface area contributed by atoms with Crippen molar-refractivity contribution in [2.75, 3.05) is 6.26 Å². The van der Waals surface area contributed by atoms with Gasteiger partial charge >= 0.3 is 0 Å². The molecule has 0 bridgehead atoms. The first kappa shape index (κ1) is 19.1. The van der Waals surface area contributed by atoms with Gasteiger partial charge in [0.1, 0.15) is 15.7 Å². The van der Waals surface area contributed by atoms with Crippen LogP contribution in [0.4, 0.5) is 0 Å². The van der Waals surface area contributed by atoms with Crippen LogP contribution in [-0.2, 0) is 21.1 Å². The van der Waals surface area contributed by atoms with E-state index in [1.165, 1.54) is 23.7 Å². The molecule has 1 heterocycles. The topological polar surface area (TPSA) is 107 Å². The molecule has 0 saturated carbocycles. The van der Waals surface area contributed by atoms with Crippen molar-refractivity contribution in [3.63, 3.8) is 0 Å². The van der Waals surface area contributed by atoms with E-state index in [0.29, 0.717) is 11.3 Å². The molecule has 0 spiro atoms. The second-order valence-electron chi connectivity index (χ2n) is 5.92. The van der Waals surface area contributed by atoms with Gasteiger partial charge in [0.25, 0.3) is 5.91 Å². The molecular formula is C17H18N2O4S2. The van der Waals surface area contributed by atoms with E-state index >= 15 is 0 Å². The fourth-order valence-electron chi connectivity index (χ4n) is 2.36. The first-order valence-electron chi connectivity index (χ1n) is 7.44. The van der Waals surface area contributed by atoms with Crippen LogP contribution in [0.5, 0.6) is 0 Å². The van der Waals surface area contributed by atoms with Gasteiger partial charge in [-0.3, -0.25) is 10.0 Å². The third kappa shape index (κ3) is 4.07. The summed E-state index contributed by atoms with van der Waals surface area (Å²) in [5, 5.41) is 17.7. The number of rotatable bonds is 6. The van der Waals surface area contributed by atoms with Gasteiger partial charge in [-0.25, -0.2) is 13.9 Å². The number of aryl methyl sites for hydroxylation is 1. The summed E-state index contributed by atoms with van der Waals surface area (Å²) in [6, 6.07) is 13.3. The molecule has 0 fully saturated rings. The van der Waals surface area contributed by atoms with Crippen LogP contribution in [0.15, 0.2) is 36.4 Å². The standard InChI is InChI=1S/C17H18N2O4S2/c1-17(16(20)19-21,25(2,22)23)10-9-12-3-5-13(6-4-12)15-8-7-14(11-18)24-15/h3-8,21H,9-10H2,1-2H3,(H,19,20). The van der Waals surface area contributed by atoms with Gasteiger partial charge in [0.2, 0.25) is 0 Å². The average molecular weight is 378 g/mol. The van der Waals surface area contributed by atoms with E-state index in [0.717, 1.165) is 22.3 Å². The van der Waals surface area contributed by atoms with Crippen molar-refractivity contribution in [3.8, 4) is 16.5 Å². The van der Waals surface area contributed by atoms with E-state index in [4.69, 9.17) is 10.5 Å². The highest BCUT2D eigenvalue weighted by atomic mass is 32.2. The molecule has 1 aromatic heterocycles. The molecule has 8 heteroatoms. The average Bonchev–Trinajstić information content (AvgIpc) is 3.07. The van der Waals surface area contributed by atoms with Crippen molar-refractivity contribution >= 4 is 27.1 Å². The number of nitrogens with one attached hydrogen (secondary N) is 1. The van der Waals surface area contributed by atoms with Crippen molar-refractivity contribution in [3.05, 3.63) is 46.8 Å². The smallest absolute Gasteiger partial charge is 0.264 e. The Balaban J connectivity index is 2.15. The summed E-state index contributed by atoms with van der Waals surface area (Å²) in [5.74, 6) is -0.936. The summed E-state index contributed by atoms with van der Waals surface area (Å²) in [7, 11) is -3.70. The van der Waals surface area contributed by atoms with Crippen LogP contribution in [-0.4, -0.2) is 30.5 Å². The molecule has 0 aliphatic rings. The molecule has 0 aliphatic carbocycles. The second-order valence-corrected chi connectivity index (χ2v) is 9.45. The normalized spacial score (nSPS) is 13.7. The van der Waals surface area contributed by atoms with Crippen LogP contribution in [0.25, 0.3) is 10.4 Å². The lowest BCUT2D eigenvalue weighted by molar-refractivity contribution is -0.131. The number of nitriles is 1. The van der Waals surface area contributed by atoms with Crippen molar-refractivity contribution in [2.45, 2.75) is 24.5 Å². The molecule has 0 radical (unpaired) electrons. The Hall–Kier alpha value is -2.21. The molecule has 6 nitrogen and oxygen atoms in total. The van der Waals surface area contributed by atoms with Crippen LogP contribution >= 0.6 is 11.3 Å². The number of hydrogen-bond acceptors (Lipinski definition) is 6. The SMILES string of the molecule is CC(CCc1ccc(-c2ccc(C#N)s2)cc1)(C(=O)NO)S(C)(=O)=O. The van der Waals surface area contributed by atoms with Gasteiger partial charge in [-0.2, -0.15) is 5.26 Å². The lowest BCUT2D eigenvalue weighted by Crippen LogP contribution is -2.49. The molecule has 1 atom stereocenters. The predicted octanol–water partition coefficient (Wildman–Crippen LogP) is 2.53. The fourth-order valence-corrected chi connectivity index (χ4v) is 4.02. The zero-order valence-corrected chi connectivity index (χ0v) is 15.4. The molecule has 0 aliphatic heterocycles. The van der Waals surface area contributed by atoms with E-state index in [9.17, 15) is 13.2 Å². The van der Waals surface area contributed by atoms with Crippen LogP contribution in [0.3, 0.4) is 0 Å². The van der Waals surface area contributed by atoms with Crippen LogP contribution in [0.1, 0.15) is 23.8 Å². The number of hydrogen-bond donors (Lipinski definition) is 2. The summed E-state index contributed by atoms with van der Waals surface area (Å²) in [4.78, 5) is 13.4. The molecule has 1 amide bonds. The number of hydroxylamine groups is 1. The minimum atomic E-state index is -3.70. The molecule has 2 N–H and O–H groups in total. The molecule has 132 valence electrons. The van der Waals surface area contributed by atoms with E-state index in [1.807, 2.05) is 30.3 Å². The van der Waals surface area contributed by atoms with Crippen molar-refractivity contribution < 1.29 is 18.4 Å². The molecule has 2 rings (SSSR count). The zero-order valence-electron chi connectivity index (χ0n) is 13.8. The maximum Gasteiger partial charge on any atom is 0.264 e. The number of sulfone groups is 1. The van der Waals surface area contributed by atoms with Gasteiger partial charge in [0.05, 0.1) is 0 Å². The largest absolute Gasteiger partial charge is 0.289 e. The van der Waals surface area contributed by atoms with Crippen LogP contribution in [0.2, 0.25) is 0 Å². The monoisotopic (exact) mass is 378 g/mol. The summed E-state index contributed by atoms with van der Waals surface area (Å²) < 4.78 is 22.2. The van der Waals surface area contributed by atoms with Crippen LogP contribution in [0, 0.1) is 11.3 Å². The van der Waals surface area contributed by atoms with Gasteiger partial charge in [-0.15, -0.1) is 11.3 Å². The Kier molecular flexibility index (Phi) is 5.62. The third-order valence-corrected chi connectivity index (χ3v) is 7.31. The number of amides is 1. The molecule has 0 saturated heterocycles. The highest BCUT2D eigenvalue weighted by Crippen LogP contribution is 2.29. The van der Waals surface area contributed by atoms with Gasteiger partial charge in [0, 0.05) is 11.1 Å². The first-order valence-corrected chi connectivity index (χ1v) is 10.2. The summed E-state index contributed by atoms with van der Waals surface area (Å²) >= 11 is 1.40. The maximum atomic E-state index is 11.9. The Morgan fingerprint density at radius 3 is 2.40 bits per heavy atom. The highest BCUT2D eigenvalue weighted by molar-refractivity contribution is 7.92. The second kappa shape index (κ2) is 7.35. The van der Waals surface area contributed by atoms with E-state index in [1.54, 1.807) is 6.07 Å². The number of benzene rings is 1. The Bertz CT molecular complexity index is 911. The van der Waals surface area contributed by atoms with Gasteiger partial charge in [-0.1, -0.05) is 24.3 Å². The zero-order chi connectivity index (χ0) is 18.7. The number of thiophene rings is 1. The summed E-state index contributed by atoms with van der Waals surface area (Å²) in [6.45, 7) is 1.30. The minimum Gasteiger partial charge on any atom is -0.289 e. The third-order valence-electron chi connectivity index (χ3n) is 4.25. The van der Waals surface area contributed by atoms with Gasteiger partial charge < -0.3 is 0 Å². The van der Waals surface area contributed by atoms with E-state index in [2.05, 4.69) is 6.07 Å². The van der Waals surface area contributed by atoms with Gasteiger partial charge in [-0.05, 0) is 43.0 Å². The summed E-state index contributed by atoms with van der Waals surface area (Å²) in [6.07, 6.45) is 1.40. The molecule has 1 aromatic carbocycles. The van der Waals surface area contributed by atoms with E-state index in [-0.39, 0.29) is 6.42 Å². The maximum absolute atomic E-state index is 11.9. The van der Waals surface area contributed by atoms with E-state index < -0.39 is 20.5 Å².